The van der Waals surface area contributed by atoms with Gasteiger partial charge in [0.15, 0.2) is 23.0 Å². The maximum absolute atomic E-state index is 11.8. The van der Waals surface area contributed by atoms with Crippen molar-refractivity contribution in [3.05, 3.63) is 42.5 Å². The summed E-state index contributed by atoms with van der Waals surface area (Å²) in [6.45, 7) is 0. The number of phenols is 2. The van der Waals surface area contributed by atoms with Crippen LogP contribution in [-0.2, 0) is 9.59 Å². The van der Waals surface area contributed by atoms with Crippen molar-refractivity contribution in [3.8, 4) is 23.0 Å². The molecule has 2 amide bonds. The number of hydrazone groups is 2. The molecule has 0 fully saturated rings. The van der Waals surface area contributed by atoms with E-state index < -0.39 is 11.8 Å². The van der Waals surface area contributed by atoms with Gasteiger partial charge in [-0.25, -0.2) is 10.9 Å². The Bertz CT molecular complexity index is 945. The fourth-order valence-electron chi connectivity index (χ4n) is 2.08. The van der Waals surface area contributed by atoms with Crippen LogP contribution in [0.25, 0.3) is 0 Å². The third-order valence-electron chi connectivity index (χ3n) is 3.51. The SMILES string of the molecule is COc1cc(C=NNC(=O)C(=O)NN=Cc2cc(I)c(O)c(OC)c2)cc(I)c1O. The molecule has 2 rings (SSSR count). The molecule has 0 spiro atoms. The molecule has 10 nitrogen and oxygen atoms in total. The number of rotatable bonds is 6. The van der Waals surface area contributed by atoms with Crippen LogP contribution in [-0.4, -0.2) is 48.7 Å². The standard InChI is InChI=1S/C18H16I2N4O6/c1-29-13-5-9(3-11(19)15(13)25)7-21-23-17(27)18(28)24-22-8-10-4-12(20)16(26)14(6-10)30-2/h3-8,25-26H,1-2H3,(H,23,27)(H,24,28). The first-order valence-electron chi connectivity index (χ1n) is 8.06. The van der Waals surface area contributed by atoms with Gasteiger partial charge in [0.05, 0.1) is 33.8 Å². The Morgan fingerprint density at radius 3 is 1.53 bits per heavy atom. The number of amides is 2. The Balaban J connectivity index is 1.95. The zero-order chi connectivity index (χ0) is 22.3. The van der Waals surface area contributed by atoms with Crippen LogP contribution >= 0.6 is 45.2 Å². The summed E-state index contributed by atoms with van der Waals surface area (Å²) in [4.78, 5) is 23.6. The Morgan fingerprint density at radius 1 is 0.833 bits per heavy atom. The topological polar surface area (TPSA) is 142 Å². The number of halogens is 2. The molecular formula is C18H16I2N4O6. The van der Waals surface area contributed by atoms with Crippen LogP contribution in [0, 0.1) is 7.14 Å². The Kier molecular flexibility index (Phi) is 8.64. The van der Waals surface area contributed by atoms with Crippen molar-refractivity contribution < 1.29 is 29.3 Å². The summed E-state index contributed by atoms with van der Waals surface area (Å²) in [7, 11) is 2.82. The number of hydrogen-bond donors (Lipinski definition) is 4. The highest BCUT2D eigenvalue weighted by atomic mass is 127. The van der Waals surface area contributed by atoms with Crippen molar-refractivity contribution in [1.29, 1.82) is 0 Å². The molecule has 0 heterocycles. The van der Waals surface area contributed by atoms with Gasteiger partial charge in [0.1, 0.15) is 0 Å². The molecule has 4 N–H and O–H groups in total. The van der Waals surface area contributed by atoms with Crippen LogP contribution in [0.15, 0.2) is 34.5 Å². The minimum atomic E-state index is -1.03. The zero-order valence-corrected chi connectivity index (χ0v) is 20.0. The van der Waals surface area contributed by atoms with Gasteiger partial charge in [-0.15, -0.1) is 0 Å². The Morgan fingerprint density at radius 2 is 1.20 bits per heavy atom. The van der Waals surface area contributed by atoms with Crippen LogP contribution < -0.4 is 20.3 Å². The summed E-state index contributed by atoms with van der Waals surface area (Å²) in [6.07, 6.45) is 2.59. The smallest absolute Gasteiger partial charge is 0.331 e. The second-order valence-electron chi connectivity index (χ2n) is 5.51. The largest absolute Gasteiger partial charge is 0.504 e. The summed E-state index contributed by atoms with van der Waals surface area (Å²) < 4.78 is 11.1. The second kappa shape index (κ2) is 11.0. The van der Waals surface area contributed by atoms with Crippen molar-refractivity contribution in [2.45, 2.75) is 0 Å². The Hall–Kier alpha value is -2.62. The number of phenolic OH excluding ortho intramolecular Hbond substituents is 2. The van der Waals surface area contributed by atoms with E-state index in [1.165, 1.54) is 38.8 Å². The van der Waals surface area contributed by atoms with Gasteiger partial charge in [0.25, 0.3) is 0 Å². The number of aromatic hydroxyl groups is 2. The van der Waals surface area contributed by atoms with Crippen molar-refractivity contribution in [2.24, 2.45) is 10.2 Å². The first-order chi connectivity index (χ1) is 14.3. The van der Waals surface area contributed by atoms with E-state index in [1.807, 2.05) is 45.2 Å². The predicted molar refractivity (Wildman–Crippen MR) is 126 cm³/mol. The van der Waals surface area contributed by atoms with E-state index in [1.54, 1.807) is 12.1 Å². The first-order valence-corrected chi connectivity index (χ1v) is 10.2. The molecule has 2 aromatic rings. The molecule has 0 radical (unpaired) electrons. The molecule has 12 heteroatoms. The first kappa shape index (κ1) is 23.7. The van der Waals surface area contributed by atoms with Crippen LogP contribution in [0.4, 0.5) is 0 Å². The van der Waals surface area contributed by atoms with Gasteiger partial charge in [-0.1, -0.05) is 0 Å². The predicted octanol–water partition coefficient (Wildman–Crippen LogP) is 1.92. The lowest BCUT2D eigenvalue weighted by molar-refractivity contribution is -0.139. The monoisotopic (exact) mass is 638 g/mol. The third kappa shape index (κ3) is 6.19. The summed E-state index contributed by atoms with van der Waals surface area (Å²) in [5.41, 5.74) is 5.23. The van der Waals surface area contributed by atoms with Gasteiger partial charge in [0, 0.05) is 0 Å². The molecule has 0 unspecified atom stereocenters. The summed E-state index contributed by atoms with van der Waals surface area (Å²) in [5, 5.41) is 27.0. The molecule has 0 aliphatic heterocycles. The van der Waals surface area contributed by atoms with Gasteiger partial charge in [-0.05, 0) is 80.6 Å². The molecule has 30 heavy (non-hydrogen) atoms. The molecule has 0 atom stereocenters. The van der Waals surface area contributed by atoms with Crippen LogP contribution in [0.5, 0.6) is 23.0 Å². The molecule has 0 bridgehead atoms. The van der Waals surface area contributed by atoms with Gasteiger partial charge < -0.3 is 19.7 Å². The number of nitrogens with zero attached hydrogens (tertiary/aromatic N) is 2. The van der Waals surface area contributed by atoms with Crippen LogP contribution in [0.2, 0.25) is 0 Å². The van der Waals surface area contributed by atoms with Crippen molar-refractivity contribution >= 4 is 69.4 Å². The van der Waals surface area contributed by atoms with Gasteiger partial charge in [-0.2, -0.15) is 10.2 Å². The maximum atomic E-state index is 11.8. The van der Waals surface area contributed by atoms with E-state index in [0.29, 0.717) is 18.3 Å². The van der Waals surface area contributed by atoms with E-state index in [2.05, 4.69) is 21.1 Å². The third-order valence-corrected chi connectivity index (χ3v) is 5.15. The normalized spacial score (nSPS) is 10.9. The van der Waals surface area contributed by atoms with Crippen LogP contribution in [0.3, 0.4) is 0 Å². The lowest BCUT2D eigenvalue weighted by Gasteiger charge is -2.06. The summed E-state index contributed by atoms with van der Waals surface area (Å²) in [5.74, 6) is -1.55. The molecule has 0 saturated heterocycles. The quantitative estimate of drug-likeness (QED) is 0.165. The number of benzene rings is 2. The van der Waals surface area contributed by atoms with E-state index in [4.69, 9.17) is 9.47 Å². The minimum Gasteiger partial charge on any atom is -0.504 e. The maximum Gasteiger partial charge on any atom is 0.331 e. The summed E-state index contributed by atoms with van der Waals surface area (Å²) in [6, 6.07) is 6.27. The number of hydrogen-bond acceptors (Lipinski definition) is 8. The molecular weight excluding hydrogens is 622 g/mol. The summed E-state index contributed by atoms with van der Waals surface area (Å²) >= 11 is 3.84. The zero-order valence-electron chi connectivity index (χ0n) is 15.6. The molecule has 158 valence electrons. The number of ether oxygens (including phenoxy) is 2. The number of nitrogens with one attached hydrogen (secondary N) is 2. The molecule has 0 saturated carbocycles. The number of carbonyl (C=O) groups excluding carboxylic acids is 2. The van der Waals surface area contributed by atoms with Crippen molar-refractivity contribution in [2.75, 3.05) is 14.2 Å². The molecule has 2 aromatic carbocycles. The highest BCUT2D eigenvalue weighted by molar-refractivity contribution is 14.1. The van der Waals surface area contributed by atoms with Crippen molar-refractivity contribution in [3.63, 3.8) is 0 Å². The van der Waals surface area contributed by atoms with E-state index >= 15 is 0 Å². The van der Waals surface area contributed by atoms with Crippen molar-refractivity contribution in [1.82, 2.24) is 10.9 Å². The second-order valence-corrected chi connectivity index (χ2v) is 7.83. The van der Waals surface area contributed by atoms with E-state index in [9.17, 15) is 19.8 Å². The highest BCUT2D eigenvalue weighted by Gasteiger charge is 2.12. The average molecular weight is 638 g/mol. The molecule has 0 aromatic heterocycles. The lowest BCUT2D eigenvalue weighted by atomic mass is 10.2. The minimum absolute atomic E-state index is 0.00235. The van der Waals surface area contributed by atoms with Gasteiger partial charge >= 0.3 is 11.8 Å². The van der Waals surface area contributed by atoms with Gasteiger partial charge in [-0.3, -0.25) is 9.59 Å². The highest BCUT2D eigenvalue weighted by Crippen LogP contribution is 2.32. The lowest BCUT2D eigenvalue weighted by Crippen LogP contribution is -2.35. The average Bonchev–Trinajstić information content (AvgIpc) is 2.72. The van der Waals surface area contributed by atoms with E-state index in [-0.39, 0.29) is 23.0 Å². The van der Waals surface area contributed by atoms with E-state index in [0.717, 1.165) is 0 Å². The molecule has 0 aliphatic rings. The fraction of sp³-hybridized carbons (Fsp3) is 0.111. The van der Waals surface area contributed by atoms with Crippen LogP contribution in [0.1, 0.15) is 11.1 Å². The number of carbonyl (C=O) groups is 2. The van der Waals surface area contributed by atoms with Gasteiger partial charge in [0.2, 0.25) is 0 Å². The molecule has 0 aliphatic carbocycles. The fourth-order valence-corrected chi connectivity index (χ4v) is 3.33. The Labute approximate surface area is 198 Å². The number of methoxy groups -OCH3 is 2.